The number of carboxylic acid groups (broad SMARTS) is 1. The monoisotopic (exact) mass is 730 g/mol. The zero-order chi connectivity index (χ0) is 38.5. The predicted octanol–water partition coefficient (Wildman–Crippen LogP) is 6.11. The van der Waals surface area contributed by atoms with Gasteiger partial charge in [-0.25, -0.2) is 0 Å². The Morgan fingerprint density at radius 1 is 0.648 bits per heavy atom. The van der Waals surface area contributed by atoms with Gasteiger partial charge in [0.05, 0.1) is 55.9 Å². The first-order chi connectivity index (χ1) is 26.2. The minimum Gasteiger partial charge on any atom is -0.481 e. The number of ether oxygens (including phenoxy) is 1. The molecule has 5 N–H and O–H groups in total. The van der Waals surface area contributed by atoms with Gasteiger partial charge < -0.3 is 30.3 Å². The Labute approximate surface area is 314 Å². The van der Waals surface area contributed by atoms with Gasteiger partial charge in [0.1, 0.15) is 0 Å². The SMILES string of the molecule is CCOC(=O)Cc1cnc2ccccc2c1-c1cccc(CCC(O)CO)c1.O=C(O)Cc1cnc2ccccc2c1-c1cccc(CCC(O)CO)c1. The number of aliphatic carboxylic acids is 1. The van der Waals surface area contributed by atoms with Crippen LogP contribution in [0.1, 0.15) is 42.0 Å². The van der Waals surface area contributed by atoms with Crippen molar-refractivity contribution in [2.45, 2.75) is 57.7 Å². The van der Waals surface area contributed by atoms with Crippen molar-refractivity contribution < 1.29 is 39.9 Å². The fraction of sp³-hybridized carbons (Fsp3) is 0.273. The molecule has 0 aliphatic carbocycles. The lowest BCUT2D eigenvalue weighted by Gasteiger charge is -2.14. The normalized spacial score (nSPS) is 12.2. The maximum atomic E-state index is 12.1. The lowest BCUT2D eigenvalue weighted by atomic mass is 9.93. The van der Waals surface area contributed by atoms with Crippen LogP contribution in [0.4, 0.5) is 0 Å². The van der Waals surface area contributed by atoms with Gasteiger partial charge in [0.2, 0.25) is 0 Å². The first-order valence-electron chi connectivity index (χ1n) is 18.1. The molecule has 0 bridgehead atoms. The summed E-state index contributed by atoms with van der Waals surface area (Å²) in [6.45, 7) is 1.65. The topological polar surface area (TPSA) is 170 Å². The van der Waals surface area contributed by atoms with Gasteiger partial charge in [-0.05, 0) is 89.2 Å². The average Bonchev–Trinajstić information content (AvgIpc) is 3.19. The van der Waals surface area contributed by atoms with Crippen LogP contribution in [-0.2, 0) is 40.0 Å². The molecule has 0 saturated heterocycles. The Morgan fingerprint density at radius 2 is 1.11 bits per heavy atom. The summed E-state index contributed by atoms with van der Waals surface area (Å²) in [5, 5.41) is 48.4. The maximum absolute atomic E-state index is 12.1. The standard InChI is InChI=1S/C23H25NO4.C21H21NO4/c1-2-28-22(27)13-18-14-24-21-9-4-3-8-20(21)23(18)17-7-5-6-16(12-17)10-11-19(26)15-25;23-13-17(24)9-8-14-4-3-5-15(10-14)21-16(11-20(25)26)12-22-19-7-2-1-6-18(19)21/h3-9,12,14,19,25-26H,2,10-11,13,15H2,1H3;1-7,10,12,17,23-24H,8-9,11,13H2,(H,25,26). The van der Waals surface area contributed by atoms with Crippen LogP contribution in [0.2, 0.25) is 0 Å². The Hall–Kier alpha value is -5.52. The van der Waals surface area contributed by atoms with E-state index in [1.54, 1.807) is 19.3 Å². The van der Waals surface area contributed by atoms with Crippen LogP contribution in [0, 0.1) is 0 Å². The van der Waals surface area contributed by atoms with Crippen molar-refractivity contribution in [1.82, 2.24) is 9.97 Å². The summed E-state index contributed by atoms with van der Waals surface area (Å²) in [6, 6.07) is 31.5. The number of aliphatic hydroxyl groups excluding tert-OH is 4. The second kappa shape index (κ2) is 19.5. The van der Waals surface area contributed by atoms with Crippen LogP contribution in [0.15, 0.2) is 109 Å². The first kappa shape index (κ1) is 39.7. The van der Waals surface area contributed by atoms with E-state index < -0.39 is 18.2 Å². The number of benzene rings is 4. The van der Waals surface area contributed by atoms with E-state index >= 15 is 0 Å². The van der Waals surface area contributed by atoms with Crippen molar-refractivity contribution in [1.29, 1.82) is 0 Å². The van der Waals surface area contributed by atoms with Gasteiger partial charge in [-0.15, -0.1) is 0 Å². The number of pyridine rings is 2. The van der Waals surface area contributed by atoms with E-state index in [-0.39, 0.29) is 32.0 Å². The van der Waals surface area contributed by atoms with Crippen molar-refractivity contribution in [3.63, 3.8) is 0 Å². The van der Waals surface area contributed by atoms with Crippen molar-refractivity contribution in [2.75, 3.05) is 19.8 Å². The Morgan fingerprint density at radius 3 is 1.56 bits per heavy atom. The third-order valence-corrected chi connectivity index (χ3v) is 9.08. The van der Waals surface area contributed by atoms with Crippen molar-refractivity contribution >= 4 is 33.7 Å². The van der Waals surface area contributed by atoms with Gasteiger partial charge >= 0.3 is 11.9 Å². The van der Waals surface area contributed by atoms with E-state index in [9.17, 15) is 24.9 Å². The van der Waals surface area contributed by atoms with Gasteiger partial charge in [-0.2, -0.15) is 0 Å². The molecule has 2 aromatic heterocycles. The van der Waals surface area contributed by atoms with E-state index in [0.29, 0.717) is 37.9 Å². The molecule has 2 heterocycles. The summed E-state index contributed by atoms with van der Waals surface area (Å²) in [6.07, 6.45) is 4.25. The number of aromatic nitrogens is 2. The van der Waals surface area contributed by atoms with Gasteiger partial charge in [0, 0.05) is 23.2 Å². The molecule has 0 aliphatic rings. The Balaban J connectivity index is 0.000000208. The van der Waals surface area contributed by atoms with E-state index in [0.717, 1.165) is 60.8 Å². The van der Waals surface area contributed by atoms with Gasteiger partial charge in [0.15, 0.2) is 0 Å². The molecule has 0 aliphatic heterocycles. The van der Waals surface area contributed by atoms with Crippen LogP contribution < -0.4 is 0 Å². The molecule has 6 aromatic rings. The number of para-hydroxylation sites is 2. The molecule has 2 atom stereocenters. The van der Waals surface area contributed by atoms with Gasteiger partial charge in [-0.1, -0.05) is 84.9 Å². The minimum atomic E-state index is -0.898. The molecule has 10 heteroatoms. The smallest absolute Gasteiger partial charge is 0.310 e. The molecule has 280 valence electrons. The first-order valence-corrected chi connectivity index (χ1v) is 18.1. The summed E-state index contributed by atoms with van der Waals surface area (Å²) in [5.74, 6) is -1.17. The number of carbonyl (C=O) groups excluding carboxylic acids is 1. The van der Waals surface area contributed by atoms with Gasteiger partial charge in [-0.3, -0.25) is 19.6 Å². The van der Waals surface area contributed by atoms with E-state index in [2.05, 4.69) is 16.0 Å². The number of rotatable bonds is 15. The molecular formula is C44H46N2O8. The summed E-state index contributed by atoms with van der Waals surface area (Å²) >= 11 is 0. The average molecular weight is 731 g/mol. The van der Waals surface area contributed by atoms with Crippen LogP contribution in [0.25, 0.3) is 44.1 Å². The number of nitrogens with zero attached hydrogens (tertiary/aromatic N) is 2. The lowest BCUT2D eigenvalue weighted by molar-refractivity contribution is -0.142. The highest BCUT2D eigenvalue weighted by Gasteiger charge is 2.17. The minimum absolute atomic E-state index is 0.0966. The zero-order valence-electron chi connectivity index (χ0n) is 30.3. The molecule has 54 heavy (non-hydrogen) atoms. The van der Waals surface area contributed by atoms with Crippen LogP contribution in [0.5, 0.6) is 0 Å². The Bertz CT molecular complexity index is 2190. The van der Waals surface area contributed by atoms with E-state index in [1.807, 2.05) is 91.0 Å². The molecule has 4 aromatic carbocycles. The van der Waals surface area contributed by atoms with Crippen LogP contribution >= 0.6 is 0 Å². The number of aryl methyl sites for hydroxylation is 2. The molecule has 0 spiro atoms. The summed E-state index contributed by atoms with van der Waals surface area (Å²) in [5.41, 5.74) is 9.04. The van der Waals surface area contributed by atoms with E-state index in [4.69, 9.17) is 14.9 Å². The van der Waals surface area contributed by atoms with Crippen molar-refractivity contribution in [3.8, 4) is 22.3 Å². The number of carboxylic acids is 1. The summed E-state index contributed by atoms with van der Waals surface area (Å²) in [4.78, 5) is 32.3. The highest BCUT2D eigenvalue weighted by molar-refractivity contribution is 5.98. The fourth-order valence-corrected chi connectivity index (χ4v) is 6.46. The summed E-state index contributed by atoms with van der Waals surface area (Å²) < 4.78 is 5.13. The number of carbonyl (C=O) groups is 2. The quantitative estimate of drug-likeness (QED) is 0.0778. The molecule has 0 radical (unpaired) electrons. The molecule has 0 saturated carbocycles. The number of aliphatic hydroxyl groups is 4. The molecular weight excluding hydrogens is 684 g/mol. The molecule has 0 amide bonds. The summed E-state index contributed by atoms with van der Waals surface area (Å²) in [7, 11) is 0. The van der Waals surface area contributed by atoms with E-state index in [1.165, 1.54) is 0 Å². The highest BCUT2D eigenvalue weighted by Crippen LogP contribution is 2.34. The largest absolute Gasteiger partial charge is 0.481 e. The number of hydrogen-bond acceptors (Lipinski definition) is 9. The number of hydrogen-bond donors (Lipinski definition) is 5. The maximum Gasteiger partial charge on any atom is 0.310 e. The van der Waals surface area contributed by atoms with Crippen LogP contribution in [0.3, 0.4) is 0 Å². The predicted molar refractivity (Wildman–Crippen MR) is 209 cm³/mol. The molecule has 6 rings (SSSR count). The van der Waals surface area contributed by atoms with Crippen molar-refractivity contribution in [3.05, 3.63) is 132 Å². The number of fused-ring (bicyclic) bond motifs is 2. The van der Waals surface area contributed by atoms with Crippen LogP contribution in [-0.4, -0.2) is 79.5 Å². The Kier molecular flexibility index (Phi) is 14.3. The molecule has 2 unspecified atom stereocenters. The zero-order valence-corrected chi connectivity index (χ0v) is 30.3. The van der Waals surface area contributed by atoms with Crippen molar-refractivity contribution in [2.24, 2.45) is 0 Å². The molecule has 0 fully saturated rings. The lowest BCUT2D eigenvalue weighted by Crippen LogP contribution is -2.12. The molecule has 10 nitrogen and oxygen atoms in total. The third-order valence-electron chi connectivity index (χ3n) is 9.08. The fourth-order valence-electron chi connectivity index (χ4n) is 6.46. The number of esters is 1. The third kappa shape index (κ3) is 10.5. The second-order valence-electron chi connectivity index (χ2n) is 13.1. The highest BCUT2D eigenvalue weighted by atomic mass is 16.5. The second-order valence-corrected chi connectivity index (χ2v) is 13.1. The van der Waals surface area contributed by atoms with Gasteiger partial charge in [0.25, 0.3) is 0 Å².